The first-order chi connectivity index (χ1) is 36.1. The normalized spacial score (nSPS) is 17.8. The highest BCUT2D eigenvalue weighted by Gasteiger charge is 2.37. The zero-order valence-electron chi connectivity index (χ0n) is 41.7. The minimum Gasteiger partial charge on any atom is -0.443 e. The predicted octanol–water partition coefficient (Wildman–Crippen LogP) is 0.468. The van der Waals surface area contributed by atoms with Gasteiger partial charge in [0.1, 0.15) is 57.7 Å². The van der Waals surface area contributed by atoms with Gasteiger partial charge in [-0.05, 0) is 53.7 Å². The van der Waals surface area contributed by atoms with Crippen LogP contribution in [0.1, 0.15) is 98.8 Å². The van der Waals surface area contributed by atoms with Crippen molar-refractivity contribution < 1.29 is 66.6 Å². The Balaban J connectivity index is 1.37. The summed E-state index contributed by atoms with van der Waals surface area (Å²) in [5.74, 6) is -10.4. The number of carbonyl (C=O) groups excluding carboxylic acids is 9. The number of fused-ring (bicyclic) bond motifs is 11. The summed E-state index contributed by atoms with van der Waals surface area (Å²) in [7, 11) is 0. The number of hydrogen-bond acceptors (Lipinski definition) is 20. The van der Waals surface area contributed by atoms with Gasteiger partial charge in [0.2, 0.25) is 29.5 Å². The average Bonchev–Trinajstić information content (AvgIpc) is 4.20. The summed E-state index contributed by atoms with van der Waals surface area (Å²) in [6.45, 7) is 25.8. The minimum absolute atomic E-state index is 0.0877. The summed E-state index contributed by atoms with van der Waals surface area (Å²) in [6.07, 6.45) is 0.890. The van der Waals surface area contributed by atoms with Crippen LogP contribution in [-0.4, -0.2) is 112 Å². The first kappa shape index (κ1) is 56.3. The van der Waals surface area contributed by atoms with E-state index in [1.807, 2.05) is 0 Å². The molecule has 5 aromatic heterocycles. The van der Waals surface area contributed by atoms with E-state index in [4.69, 9.17) is 19.0 Å². The standard InChI is InChI=1S/C48H48N14O14S/c1-12-26-46-61-32(24(9)76-46)42(71)52-19(4)37(66)62-34(48(10,11)73)43(72)54-21(6)45-60-31(23(8)75-45)41(70)51-18(3)36(65)53-20(5)44-57-28(15-74-44)33-25(13-14-27(55-33)38(67)50-17(2)35(49)64)47-58-29(16-77-47)39(68)59-30(22(7)63)40(69)56-26/h12-16,22,30,34,63,73H,2-6H2,1,7-11H3,(H2,49,64)(H,50,67)(H,51,70)(H,52,71)(H,53,65)(H,54,72)(H,56,69)(H,59,68)(H,62,66)/b26-12-/t22-,30+,34+/m0/s1. The second kappa shape index (κ2) is 22.6. The molecule has 400 valence electrons. The van der Waals surface area contributed by atoms with Gasteiger partial charge in [-0.25, -0.2) is 24.9 Å². The highest BCUT2D eigenvalue weighted by Crippen LogP contribution is 2.33. The van der Waals surface area contributed by atoms with Crippen molar-refractivity contribution in [1.29, 1.82) is 0 Å². The van der Waals surface area contributed by atoms with Gasteiger partial charge < -0.3 is 71.7 Å². The highest BCUT2D eigenvalue weighted by atomic mass is 32.1. The van der Waals surface area contributed by atoms with Crippen LogP contribution in [0.2, 0.25) is 0 Å². The molecule has 28 nitrogen and oxygen atoms in total. The quantitative estimate of drug-likeness (QED) is 0.107. The van der Waals surface area contributed by atoms with E-state index in [1.165, 1.54) is 65.1 Å². The summed E-state index contributed by atoms with van der Waals surface area (Å²) in [5, 5.41) is 41.7. The lowest BCUT2D eigenvalue weighted by Crippen LogP contribution is -2.58. The number of pyridine rings is 1. The van der Waals surface area contributed by atoms with Crippen molar-refractivity contribution in [2.24, 2.45) is 5.73 Å². The van der Waals surface area contributed by atoms with Crippen LogP contribution in [0.4, 0.5) is 0 Å². The lowest BCUT2D eigenvalue weighted by molar-refractivity contribution is -0.132. The Kier molecular flexibility index (Phi) is 16.5. The van der Waals surface area contributed by atoms with Crippen molar-refractivity contribution in [2.75, 3.05) is 0 Å². The summed E-state index contributed by atoms with van der Waals surface area (Å²) in [5.41, 5.74) is -0.444. The number of thiazole rings is 1. The van der Waals surface area contributed by atoms with Gasteiger partial charge in [0.05, 0.1) is 45.9 Å². The third-order valence-corrected chi connectivity index (χ3v) is 11.5. The van der Waals surface area contributed by atoms with Crippen molar-refractivity contribution in [2.45, 2.75) is 65.3 Å². The van der Waals surface area contributed by atoms with Gasteiger partial charge in [-0.2, -0.15) is 0 Å². The van der Waals surface area contributed by atoms with Crippen molar-refractivity contribution in [1.82, 2.24) is 67.5 Å². The molecule has 0 spiro atoms. The molecule has 29 heteroatoms. The molecule has 0 saturated carbocycles. The van der Waals surface area contributed by atoms with Crippen LogP contribution < -0.4 is 48.3 Å². The van der Waals surface area contributed by atoms with E-state index in [0.717, 1.165) is 17.6 Å². The zero-order chi connectivity index (χ0) is 57.0. The van der Waals surface area contributed by atoms with Crippen LogP contribution in [0.5, 0.6) is 0 Å². The molecule has 0 aliphatic carbocycles. The number of oxazole rings is 3. The number of nitrogens with one attached hydrogen (secondary N) is 8. The van der Waals surface area contributed by atoms with Gasteiger partial charge in [-0.3, -0.25) is 43.2 Å². The molecule has 9 amide bonds. The Morgan fingerprint density at radius 3 is 1.92 bits per heavy atom. The van der Waals surface area contributed by atoms with E-state index >= 15 is 0 Å². The van der Waals surface area contributed by atoms with Crippen LogP contribution in [0.3, 0.4) is 0 Å². The van der Waals surface area contributed by atoms with Gasteiger partial charge >= 0.3 is 0 Å². The van der Waals surface area contributed by atoms with Crippen molar-refractivity contribution in [3.05, 3.63) is 132 Å². The van der Waals surface area contributed by atoms with E-state index in [1.54, 1.807) is 0 Å². The van der Waals surface area contributed by atoms with Crippen LogP contribution in [-0.2, 0) is 24.0 Å². The maximum atomic E-state index is 13.7. The van der Waals surface area contributed by atoms with Gasteiger partial charge in [-0.15, -0.1) is 11.3 Å². The maximum Gasteiger partial charge on any atom is 0.278 e. The summed E-state index contributed by atoms with van der Waals surface area (Å²) < 4.78 is 16.8. The number of amides is 9. The Morgan fingerprint density at radius 1 is 0.740 bits per heavy atom. The monoisotopic (exact) mass is 1080 g/mol. The van der Waals surface area contributed by atoms with Gasteiger partial charge in [0, 0.05) is 10.9 Å². The Labute approximate surface area is 439 Å². The molecule has 12 N–H and O–H groups in total. The largest absolute Gasteiger partial charge is 0.443 e. The number of aliphatic hydroxyl groups is 2. The third-order valence-electron chi connectivity index (χ3n) is 10.6. The van der Waals surface area contributed by atoms with Gasteiger partial charge in [-0.1, -0.05) is 39.0 Å². The maximum absolute atomic E-state index is 13.7. The van der Waals surface area contributed by atoms with Crippen molar-refractivity contribution >= 4 is 81.6 Å². The van der Waals surface area contributed by atoms with Crippen LogP contribution >= 0.6 is 11.3 Å². The first-order valence-corrected chi connectivity index (χ1v) is 23.1. The number of carbonyl (C=O) groups is 9. The van der Waals surface area contributed by atoms with E-state index in [9.17, 15) is 53.4 Å². The summed E-state index contributed by atoms with van der Waals surface area (Å²) in [4.78, 5) is 141. The third kappa shape index (κ3) is 12.9. The van der Waals surface area contributed by atoms with Crippen molar-refractivity contribution in [3.63, 3.8) is 0 Å². The van der Waals surface area contributed by atoms with E-state index in [-0.39, 0.29) is 85.1 Å². The first-order valence-electron chi connectivity index (χ1n) is 22.3. The van der Waals surface area contributed by atoms with Crippen molar-refractivity contribution in [3.8, 4) is 22.0 Å². The number of nitrogens with zero attached hydrogens (tertiary/aromatic N) is 5. The fourth-order valence-corrected chi connectivity index (χ4v) is 7.43. The molecule has 0 aromatic carbocycles. The lowest BCUT2D eigenvalue weighted by atomic mass is 9.97. The SMILES string of the molecule is C=C(NC(=O)c1ccc2c(n1)-c1coc(n1)C(=C)NC(=O)C(=C)NC(=O)c1nc(oc1C)C(=C)NC(=O)[C@H](C(C)(C)O)NC(=O)C(=C)NC(=O)c1nc(oc1C)/C(=C/C)NC(=O)[C@@H]([C@H](C)O)NC(=O)c1csc-2n1)C(N)=O. The van der Waals surface area contributed by atoms with Crippen LogP contribution in [0.15, 0.2) is 93.1 Å². The number of hydrogen-bond donors (Lipinski definition) is 11. The number of aliphatic hydroxyl groups excluding tert-OH is 1. The molecule has 1 aliphatic heterocycles. The molecule has 0 radical (unpaired) electrons. The number of aromatic nitrogens is 5. The molecule has 0 fully saturated rings. The number of aryl methyl sites for hydroxylation is 2. The lowest BCUT2D eigenvalue weighted by Gasteiger charge is -2.29. The number of rotatable bonds is 5. The molecule has 6 rings (SSSR count). The molecule has 5 aromatic rings. The molecule has 6 heterocycles. The fraction of sp³-hybridized carbons (Fsp3) is 0.208. The molecular weight excluding hydrogens is 1030 g/mol. The van der Waals surface area contributed by atoms with Gasteiger partial charge in [0.25, 0.3) is 41.4 Å². The van der Waals surface area contributed by atoms with Crippen LogP contribution in [0.25, 0.3) is 39.1 Å². The van der Waals surface area contributed by atoms with E-state index in [2.05, 4.69) is 100 Å². The molecule has 77 heavy (non-hydrogen) atoms. The number of nitrogens with two attached hydrogens (primary N) is 1. The molecule has 8 bridgehead atoms. The second-order valence-electron chi connectivity index (χ2n) is 17.0. The summed E-state index contributed by atoms with van der Waals surface area (Å²) >= 11 is 0.913. The summed E-state index contributed by atoms with van der Waals surface area (Å²) in [6, 6.07) is -0.785. The number of primary amides is 1. The highest BCUT2D eigenvalue weighted by molar-refractivity contribution is 7.13. The minimum atomic E-state index is -1.99. The average molecular weight is 1080 g/mol. The van der Waals surface area contributed by atoms with E-state index in [0.29, 0.717) is 0 Å². The predicted molar refractivity (Wildman–Crippen MR) is 270 cm³/mol. The fourth-order valence-electron chi connectivity index (χ4n) is 6.60. The Hall–Kier alpha value is -10.00. The zero-order valence-corrected chi connectivity index (χ0v) is 42.5. The van der Waals surface area contributed by atoms with Crippen LogP contribution in [0, 0.1) is 13.8 Å². The topological polar surface area (TPSA) is 420 Å². The van der Waals surface area contributed by atoms with E-state index < -0.39 is 99.9 Å². The van der Waals surface area contributed by atoms with Gasteiger partial charge in [0.15, 0.2) is 11.4 Å². The molecule has 0 saturated heterocycles. The second-order valence-corrected chi connectivity index (χ2v) is 17.9. The smallest absolute Gasteiger partial charge is 0.278 e. The Morgan fingerprint density at radius 2 is 1.32 bits per heavy atom. The molecule has 0 unspecified atom stereocenters. The molecular formula is C48H48N14O14S. The molecule has 1 aliphatic rings. The number of allylic oxidation sites excluding steroid dienone is 1. The Bertz CT molecular complexity index is 3420. The molecule has 3 atom stereocenters.